The molecular weight excluding hydrogens is 118 g/mol. The summed E-state index contributed by atoms with van der Waals surface area (Å²) in [6.07, 6.45) is 0.678. The monoisotopic (exact) mass is 128 g/mol. The number of hydrogen-bond donors (Lipinski definition) is 2. The zero-order valence-corrected chi connectivity index (χ0v) is 5.13. The Kier molecular flexibility index (Phi) is 2.48. The van der Waals surface area contributed by atoms with E-state index >= 15 is 0 Å². The molecule has 0 aromatic rings. The second kappa shape index (κ2) is 3.42. The van der Waals surface area contributed by atoms with Crippen molar-refractivity contribution in [3.63, 3.8) is 0 Å². The van der Waals surface area contributed by atoms with Gasteiger partial charge in [-0.25, -0.2) is 5.32 Å². The van der Waals surface area contributed by atoms with E-state index < -0.39 is 0 Å². The molecular formula is C5H10N3O. The number of nitrogens with zero attached hydrogens (tertiary/aromatic N) is 1. The van der Waals surface area contributed by atoms with Gasteiger partial charge in [0.25, 0.3) is 0 Å². The van der Waals surface area contributed by atoms with Crippen LogP contribution < -0.4 is 16.0 Å². The number of carbonyl (C=O) groups excluding carboxylic acids is 1. The van der Waals surface area contributed by atoms with E-state index in [1.54, 1.807) is 0 Å². The van der Waals surface area contributed by atoms with Crippen molar-refractivity contribution in [3.8, 4) is 0 Å². The topological polar surface area (TPSA) is 55.2 Å². The Hall–Kier alpha value is -0.610. The van der Waals surface area contributed by atoms with E-state index in [1.165, 1.54) is 0 Å². The second-order valence-electron chi connectivity index (χ2n) is 1.91. The molecule has 4 nitrogen and oxygen atoms in total. The van der Waals surface area contributed by atoms with Gasteiger partial charge < -0.3 is 10.6 Å². The van der Waals surface area contributed by atoms with Gasteiger partial charge in [0.2, 0.25) is 6.41 Å². The summed E-state index contributed by atoms with van der Waals surface area (Å²) in [5, 5.41) is 9.79. The van der Waals surface area contributed by atoms with Gasteiger partial charge in [-0.3, -0.25) is 4.79 Å². The minimum Gasteiger partial charge on any atom is -0.341 e. The van der Waals surface area contributed by atoms with Crippen LogP contribution in [0, 0.1) is 0 Å². The average Bonchev–Trinajstić information content (AvgIpc) is 1.91. The van der Waals surface area contributed by atoms with Gasteiger partial charge >= 0.3 is 0 Å². The summed E-state index contributed by atoms with van der Waals surface area (Å²) in [6, 6.07) is 0. The van der Waals surface area contributed by atoms with Gasteiger partial charge in [-0.1, -0.05) is 0 Å². The molecule has 1 aliphatic heterocycles. The van der Waals surface area contributed by atoms with Crippen LogP contribution >= 0.6 is 0 Å². The minimum atomic E-state index is -0.00347. The van der Waals surface area contributed by atoms with Gasteiger partial charge in [-0.15, -0.1) is 0 Å². The predicted molar refractivity (Wildman–Crippen MR) is 32.9 cm³/mol. The number of rotatable bonds is 2. The zero-order chi connectivity index (χ0) is 6.53. The van der Waals surface area contributed by atoms with E-state index in [2.05, 4.69) is 16.0 Å². The molecule has 9 heavy (non-hydrogen) atoms. The fourth-order valence-corrected chi connectivity index (χ4v) is 0.793. The van der Waals surface area contributed by atoms with Crippen LogP contribution in [0.5, 0.6) is 0 Å². The first-order valence-corrected chi connectivity index (χ1v) is 3.00. The normalized spacial score (nSPS) is 27.3. The van der Waals surface area contributed by atoms with Crippen molar-refractivity contribution in [3.05, 3.63) is 0 Å². The molecule has 1 fully saturated rings. The molecule has 0 aromatic heterocycles. The van der Waals surface area contributed by atoms with Crippen LogP contribution in [0.2, 0.25) is 0 Å². The van der Waals surface area contributed by atoms with Gasteiger partial charge in [0.05, 0.1) is 0 Å². The van der Waals surface area contributed by atoms with Crippen molar-refractivity contribution in [1.82, 2.24) is 16.0 Å². The lowest BCUT2D eigenvalue weighted by Gasteiger charge is -2.21. The summed E-state index contributed by atoms with van der Waals surface area (Å²) < 4.78 is 0. The van der Waals surface area contributed by atoms with Gasteiger partial charge in [0.15, 0.2) is 0 Å². The van der Waals surface area contributed by atoms with Crippen LogP contribution in [-0.4, -0.2) is 32.2 Å². The SMILES string of the molecule is O=CNC1CNCC[N]1. The predicted octanol–water partition coefficient (Wildman–Crippen LogP) is -1.73. The average molecular weight is 128 g/mol. The third-order valence-electron chi connectivity index (χ3n) is 1.24. The summed E-state index contributed by atoms with van der Waals surface area (Å²) >= 11 is 0. The van der Waals surface area contributed by atoms with Gasteiger partial charge in [-0.05, 0) is 0 Å². The molecule has 1 heterocycles. The van der Waals surface area contributed by atoms with Crippen LogP contribution in [0.15, 0.2) is 0 Å². The van der Waals surface area contributed by atoms with E-state index in [0.717, 1.165) is 19.6 Å². The van der Waals surface area contributed by atoms with Crippen molar-refractivity contribution in [1.29, 1.82) is 0 Å². The highest BCUT2D eigenvalue weighted by atomic mass is 16.1. The molecule has 0 aromatic carbocycles. The van der Waals surface area contributed by atoms with Crippen LogP contribution in [0.4, 0.5) is 0 Å². The van der Waals surface area contributed by atoms with Gasteiger partial charge in [0.1, 0.15) is 6.17 Å². The summed E-state index contributed by atoms with van der Waals surface area (Å²) in [5.41, 5.74) is 0. The molecule has 0 saturated carbocycles. The first kappa shape index (κ1) is 6.51. The maximum Gasteiger partial charge on any atom is 0.208 e. The number of carbonyl (C=O) groups is 1. The lowest BCUT2D eigenvalue weighted by atomic mass is 10.4. The lowest BCUT2D eigenvalue weighted by Crippen LogP contribution is -2.51. The van der Waals surface area contributed by atoms with Crippen molar-refractivity contribution in [2.45, 2.75) is 6.17 Å². The van der Waals surface area contributed by atoms with Gasteiger partial charge in [-0.2, -0.15) is 0 Å². The van der Waals surface area contributed by atoms with Crippen molar-refractivity contribution < 1.29 is 4.79 Å². The van der Waals surface area contributed by atoms with E-state index in [1.807, 2.05) is 0 Å². The van der Waals surface area contributed by atoms with Crippen LogP contribution in [0.25, 0.3) is 0 Å². The third kappa shape index (κ3) is 1.99. The Bertz CT molecular complexity index is 90.2. The molecule has 4 heteroatoms. The van der Waals surface area contributed by atoms with Crippen molar-refractivity contribution >= 4 is 6.41 Å². The lowest BCUT2D eigenvalue weighted by molar-refractivity contribution is -0.110. The van der Waals surface area contributed by atoms with Crippen LogP contribution in [0.3, 0.4) is 0 Å². The molecule has 2 N–H and O–H groups in total. The zero-order valence-electron chi connectivity index (χ0n) is 5.13. The summed E-state index contributed by atoms with van der Waals surface area (Å²) in [5.74, 6) is 0. The second-order valence-corrected chi connectivity index (χ2v) is 1.91. The highest BCUT2D eigenvalue weighted by molar-refractivity contribution is 5.46. The smallest absolute Gasteiger partial charge is 0.208 e. The van der Waals surface area contributed by atoms with Crippen molar-refractivity contribution in [2.24, 2.45) is 0 Å². The molecule has 1 aliphatic rings. The Balaban J connectivity index is 2.15. The Morgan fingerprint density at radius 1 is 1.78 bits per heavy atom. The Morgan fingerprint density at radius 3 is 3.22 bits per heavy atom. The fraction of sp³-hybridized carbons (Fsp3) is 0.800. The maximum atomic E-state index is 9.87. The standard InChI is InChI=1S/C5H10N3O/c9-4-8-5-3-6-1-2-7-5/h4-6H,1-3H2,(H,8,9). The molecule has 0 aliphatic carbocycles. The van der Waals surface area contributed by atoms with Gasteiger partial charge in [0, 0.05) is 19.6 Å². The van der Waals surface area contributed by atoms with Crippen LogP contribution in [-0.2, 0) is 4.79 Å². The van der Waals surface area contributed by atoms with Crippen molar-refractivity contribution in [2.75, 3.05) is 19.6 Å². The highest BCUT2D eigenvalue weighted by Crippen LogP contribution is 1.81. The highest BCUT2D eigenvalue weighted by Gasteiger charge is 2.10. The van der Waals surface area contributed by atoms with Crippen LogP contribution in [0.1, 0.15) is 0 Å². The van der Waals surface area contributed by atoms with E-state index in [9.17, 15) is 4.79 Å². The maximum absolute atomic E-state index is 9.87. The molecule has 1 saturated heterocycles. The first-order chi connectivity index (χ1) is 4.43. The largest absolute Gasteiger partial charge is 0.341 e. The quantitative estimate of drug-likeness (QED) is 0.434. The molecule has 0 bridgehead atoms. The molecule has 1 unspecified atom stereocenters. The van der Waals surface area contributed by atoms with E-state index in [0.29, 0.717) is 6.41 Å². The molecule has 1 rings (SSSR count). The number of hydrogen-bond acceptors (Lipinski definition) is 2. The minimum absolute atomic E-state index is 0.00347. The molecule has 1 amide bonds. The molecule has 1 radical (unpaired) electrons. The van der Waals surface area contributed by atoms with E-state index in [4.69, 9.17) is 0 Å². The number of nitrogens with one attached hydrogen (secondary N) is 2. The third-order valence-corrected chi connectivity index (χ3v) is 1.24. The Morgan fingerprint density at radius 2 is 2.67 bits per heavy atom. The number of piperazine rings is 1. The summed E-state index contributed by atoms with van der Waals surface area (Å²) in [6.45, 7) is 2.49. The molecule has 51 valence electrons. The summed E-state index contributed by atoms with van der Waals surface area (Å²) in [4.78, 5) is 9.87. The molecule has 1 atom stereocenters. The Labute approximate surface area is 54.0 Å². The fourth-order valence-electron chi connectivity index (χ4n) is 0.793. The molecule has 0 spiro atoms. The number of amides is 1. The first-order valence-electron chi connectivity index (χ1n) is 3.00. The summed E-state index contributed by atoms with van der Waals surface area (Å²) in [7, 11) is 0. The van der Waals surface area contributed by atoms with E-state index in [-0.39, 0.29) is 6.17 Å².